The Morgan fingerprint density at radius 3 is 2.52 bits per heavy atom. The Balaban J connectivity index is 1.84. The van der Waals surface area contributed by atoms with Gasteiger partial charge >= 0.3 is 0 Å². The number of aromatic nitrogens is 2. The van der Waals surface area contributed by atoms with E-state index in [-0.39, 0.29) is 6.10 Å². The van der Waals surface area contributed by atoms with Crippen LogP contribution < -0.4 is 5.32 Å². The number of nitrogens with zero attached hydrogens (tertiary/aromatic N) is 2. The second kappa shape index (κ2) is 7.96. The summed E-state index contributed by atoms with van der Waals surface area (Å²) in [4.78, 5) is 0. The molecule has 4 nitrogen and oxygen atoms in total. The van der Waals surface area contributed by atoms with Gasteiger partial charge in [0.25, 0.3) is 0 Å². The van der Waals surface area contributed by atoms with Crippen molar-refractivity contribution in [3.05, 3.63) is 48.3 Å². The summed E-state index contributed by atoms with van der Waals surface area (Å²) in [6.07, 6.45) is 3.71. The van der Waals surface area contributed by atoms with E-state index in [2.05, 4.69) is 24.3 Å². The van der Waals surface area contributed by atoms with Crippen LogP contribution in [0.5, 0.6) is 0 Å². The third-order valence-electron chi connectivity index (χ3n) is 3.92. The largest absolute Gasteiger partial charge is 0.392 e. The van der Waals surface area contributed by atoms with Gasteiger partial charge in [-0.15, -0.1) is 0 Å². The molecule has 0 aliphatic rings. The lowest BCUT2D eigenvalue weighted by Crippen LogP contribution is -2.32. The number of hydrogen-bond acceptors (Lipinski definition) is 3. The number of aliphatic hydroxyl groups is 1. The number of benzene rings is 1. The predicted octanol–water partition coefficient (Wildman–Crippen LogP) is 2.76. The van der Waals surface area contributed by atoms with E-state index < -0.39 is 0 Å². The molecule has 0 saturated carbocycles. The van der Waals surface area contributed by atoms with Gasteiger partial charge in [-0.25, -0.2) is 4.68 Å². The number of para-hydroxylation sites is 1. The third-order valence-corrected chi connectivity index (χ3v) is 3.92. The molecule has 21 heavy (non-hydrogen) atoms. The van der Waals surface area contributed by atoms with E-state index in [1.54, 1.807) is 0 Å². The quantitative estimate of drug-likeness (QED) is 0.785. The molecular weight excluding hydrogens is 262 g/mol. The van der Waals surface area contributed by atoms with E-state index >= 15 is 0 Å². The second-order valence-electron chi connectivity index (χ2n) is 5.36. The highest BCUT2D eigenvalue weighted by atomic mass is 16.3. The number of aliphatic hydroxyl groups excluding tert-OH is 1. The molecule has 2 N–H and O–H groups in total. The zero-order valence-electron chi connectivity index (χ0n) is 12.9. The minimum absolute atomic E-state index is 0.281. The highest BCUT2D eigenvalue weighted by Gasteiger charge is 2.14. The number of rotatable bonds is 8. The average Bonchev–Trinajstić information content (AvgIpc) is 2.98. The lowest BCUT2D eigenvalue weighted by atomic mass is 9.96. The Bertz CT molecular complexity index is 520. The van der Waals surface area contributed by atoms with Gasteiger partial charge in [-0.05, 0) is 24.1 Å². The summed E-state index contributed by atoms with van der Waals surface area (Å²) < 4.78 is 1.87. The van der Waals surface area contributed by atoms with E-state index in [4.69, 9.17) is 0 Å². The molecule has 0 aliphatic heterocycles. The number of hydrogen-bond donors (Lipinski definition) is 2. The van der Waals surface area contributed by atoms with Crippen molar-refractivity contribution in [3.63, 3.8) is 0 Å². The monoisotopic (exact) mass is 287 g/mol. The molecule has 0 aliphatic carbocycles. The minimum Gasteiger partial charge on any atom is -0.392 e. The van der Waals surface area contributed by atoms with Crippen molar-refractivity contribution in [2.24, 2.45) is 5.92 Å². The van der Waals surface area contributed by atoms with Gasteiger partial charge in [-0.2, -0.15) is 5.10 Å². The molecule has 114 valence electrons. The van der Waals surface area contributed by atoms with Gasteiger partial charge in [-0.3, -0.25) is 0 Å². The maximum absolute atomic E-state index is 10.1. The summed E-state index contributed by atoms with van der Waals surface area (Å²) in [5.41, 5.74) is 2.04. The normalized spacial score (nSPS) is 12.8. The molecule has 1 aromatic heterocycles. The van der Waals surface area contributed by atoms with Crippen LogP contribution in [0.2, 0.25) is 0 Å². The summed E-state index contributed by atoms with van der Waals surface area (Å²) in [7, 11) is 0. The first-order chi connectivity index (χ1) is 10.2. The maximum atomic E-state index is 10.1. The molecule has 0 saturated heterocycles. The maximum Gasteiger partial charge on any atom is 0.0766 e. The molecule has 1 heterocycles. The smallest absolute Gasteiger partial charge is 0.0766 e. The zero-order chi connectivity index (χ0) is 15.1. The molecule has 0 spiro atoms. The molecule has 1 aromatic carbocycles. The Morgan fingerprint density at radius 1 is 1.14 bits per heavy atom. The highest BCUT2D eigenvalue weighted by Crippen LogP contribution is 2.12. The van der Waals surface area contributed by atoms with E-state index in [0.717, 1.165) is 24.2 Å². The molecule has 0 bridgehead atoms. The van der Waals surface area contributed by atoms with Crippen molar-refractivity contribution >= 4 is 0 Å². The van der Waals surface area contributed by atoms with Crippen molar-refractivity contribution in [3.8, 4) is 5.69 Å². The SMILES string of the molecule is CCC(CC)C(O)CNCc1ccn(-c2ccccc2)n1. The predicted molar refractivity (Wildman–Crippen MR) is 85.3 cm³/mol. The van der Waals surface area contributed by atoms with Gasteiger partial charge in [0.05, 0.1) is 17.5 Å². The standard InChI is InChI=1S/C17H25N3O/c1-3-14(4-2)17(21)13-18-12-15-10-11-20(19-15)16-8-6-5-7-9-16/h5-11,14,17-18,21H,3-4,12-13H2,1-2H3. The van der Waals surface area contributed by atoms with Crippen LogP contribution in [-0.2, 0) is 6.54 Å². The zero-order valence-corrected chi connectivity index (χ0v) is 12.9. The fourth-order valence-electron chi connectivity index (χ4n) is 2.53. The van der Waals surface area contributed by atoms with E-state index in [0.29, 0.717) is 19.0 Å². The van der Waals surface area contributed by atoms with E-state index in [9.17, 15) is 5.11 Å². The van der Waals surface area contributed by atoms with Gasteiger partial charge in [0.1, 0.15) is 0 Å². The van der Waals surface area contributed by atoms with E-state index in [1.165, 1.54) is 0 Å². The Hall–Kier alpha value is -1.65. The van der Waals surface area contributed by atoms with Crippen LogP contribution in [0.4, 0.5) is 0 Å². The molecule has 2 aromatic rings. The van der Waals surface area contributed by atoms with Crippen LogP contribution in [-0.4, -0.2) is 27.5 Å². The van der Waals surface area contributed by atoms with Crippen molar-refractivity contribution in [2.75, 3.05) is 6.54 Å². The van der Waals surface area contributed by atoms with Crippen LogP contribution in [0.3, 0.4) is 0 Å². The molecule has 0 amide bonds. The summed E-state index contributed by atoms with van der Waals surface area (Å²) in [6, 6.07) is 12.1. The fourth-order valence-corrected chi connectivity index (χ4v) is 2.53. The molecule has 4 heteroatoms. The summed E-state index contributed by atoms with van der Waals surface area (Å²) in [5.74, 6) is 0.374. The Labute approximate surface area is 126 Å². The Morgan fingerprint density at radius 2 is 1.86 bits per heavy atom. The summed E-state index contributed by atoms with van der Waals surface area (Å²) in [6.45, 7) is 5.54. The van der Waals surface area contributed by atoms with Crippen molar-refractivity contribution < 1.29 is 5.11 Å². The highest BCUT2D eigenvalue weighted by molar-refractivity contribution is 5.30. The molecule has 1 unspecified atom stereocenters. The van der Waals surface area contributed by atoms with Crippen molar-refractivity contribution in [1.82, 2.24) is 15.1 Å². The van der Waals surface area contributed by atoms with Gasteiger partial charge in [0, 0.05) is 19.3 Å². The lowest BCUT2D eigenvalue weighted by molar-refractivity contribution is 0.101. The first kappa shape index (κ1) is 15.7. The lowest BCUT2D eigenvalue weighted by Gasteiger charge is -2.20. The summed E-state index contributed by atoms with van der Waals surface area (Å²) >= 11 is 0. The molecule has 2 rings (SSSR count). The molecule has 1 atom stereocenters. The molecular formula is C17H25N3O. The first-order valence-electron chi connectivity index (χ1n) is 7.73. The summed E-state index contributed by atoms with van der Waals surface area (Å²) in [5, 5.41) is 17.9. The van der Waals surface area contributed by atoms with Crippen LogP contribution in [0, 0.1) is 5.92 Å². The van der Waals surface area contributed by atoms with E-state index in [1.807, 2.05) is 47.3 Å². The third kappa shape index (κ3) is 4.41. The van der Waals surface area contributed by atoms with Gasteiger partial charge in [0.2, 0.25) is 0 Å². The fraction of sp³-hybridized carbons (Fsp3) is 0.471. The average molecular weight is 287 g/mol. The topological polar surface area (TPSA) is 50.1 Å². The van der Waals surface area contributed by atoms with Crippen LogP contribution in [0.15, 0.2) is 42.6 Å². The minimum atomic E-state index is -0.281. The molecule has 0 radical (unpaired) electrons. The van der Waals surface area contributed by atoms with Gasteiger partial charge < -0.3 is 10.4 Å². The first-order valence-corrected chi connectivity index (χ1v) is 7.73. The number of nitrogens with one attached hydrogen (secondary N) is 1. The van der Waals surface area contributed by atoms with Crippen molar-refractivity contribution in [2.45, 2.75) is 39.3 Å². The second-order valence-corrected chi connectivity index (χ2v) is 5.36. The van der Waals surface area contributed by atoms with Gasteiger partial charge in [0.15, 0.2) is 0 Å². The van der Waals surface area contributed by atoms with Crippen LogP contribution >= 0.6 is 0 Å². The molecule has 0 fully saturated rings. The van der Waals surface area contributed by atoms with Crippen molar-refractivity contribution in [1.29, 1.82) is 0 Å². The van der Waals surface area contributed by atoms with Crippen LogP contribution in [0.1, 0.15) is 32.4 Å². The van der Waals surface area contributed by atoms with Gasteiger partial charge in [-0.1, -0.05) is 44.9 Å². The van der Waals surface area contributed by atoms with Crippen LogP contribution in [0.25, 0.3) is 5.69 Å². The Kier molecular flexibility index (Phi) is 5.96.